The van der Waals surface area contributed by atoms with E-state index in [1.807, 2.05) is 6.92 Å². The third kappa shape index (κ3) is 2.74. The Morgan fingerprint density at radius 2 is 1.94 bits per heavy atom. The van der Waals surface area contributed by atoms with Gasteiger partial charge in [-0.3, -0.25) is 0 Å². The first-order valence-electron chi connectivity index (χ1n) is 7.05. The standard InChI is InChI=1S/C16H24FN/c1-4-18-15(16(3)7-5-6-8-16)13-9-12(2)10-14(17)11-13/h9-11,15,18H,4-8H2,1-3H3. The first-order chi connectivity index (χ1) is 8.55. The Balaban J connectivity index is 2.34. The van der Waals surface area contributed by atoms with Gasteiger partial charge < -0.3 is 5.32 Å². The monoisotopic (exact) mass is 249 g/mol. The lowest BCUT2D eigenvalue weighted by molar-refractivity contribution is 0.225. The van der Waals surface area contributed by atoms with Gasteiger partial charge in [-0.15, -0.1) is 0 Å². The van der Waals surface area contributed by atoms with Crippen LogP contribution in [0.4, 0.5) is 4.39 Å². The summed E-state index contributed by atoms with van der Waals surface area (Å²) in [5.74, 6) is -0.116. The van der Waals surface area contributed by atoms with Crippen molar-refractivity contribution in [3.63, 3.8) is 0 Å². The molecule has 1 aliphatic carbocycles. The van der Waals surface area contributed by atoms with Gasteiger partial charge in [0.15, 0.2) is 0 Å². The lowest BCUT2D eigenvalue weighted by Gasteiger charge is -2.35. The van der Waals surface area contributed by atoms with Crippen molar-refractivity contribution in [1.82, 2.24) is 5.32 Å². The summed E-state index contributed by atoms with van der Waals surface area (Å²) in [5.41, 5.74) is 2.39. The van der Waals surface area contributed by atoms with Crippen LogP contribution in [0.15, 0.2) is 18.2 Å². The first kappa shape index (κ1) is 13.5. The van der Waals surface area contributed by atoms with Gasteiger partial charge in [-0.05, 0) is 55.0 Å². The van der Waals surface area contributed by atoms with E-state index in [1.165, 1.54) is 25.7 Å². The quantitative estimate of drug-likeness (QED) is 0.835. The van der Waals surface area contributed by atoms with Crippen LogP contribution in [0.2, 0.25) is 0 Å². The predicted molar refractivity (Wildman–Crippen MR) is 74.1 cm³/mol. The molecule has 0 radical (unpaired) electrons. The molecule has 1 atom stereocenters. The van der Waals surface area contributed by atoms with Gasteiger partial charge in [0, 0.05) is 6.04 Å². The van der Waals surface area contributed by atoms with E-state index in [0.29, 0.717) is 0 Å². The van der Waals surface area contributed by atoms with Crippen LogP contribution in [-0.2, 0) is 0 Å². The number of aryl methyl sites for hydroxylation is 1. The van der Waals surface area contributed by atoms with Crippen LogP contribution in [-0.4, -0.2) is 6.54 Å². The summed E-state index contributed by atoms with van der Waals surface area (Å²) >= 11 is 0. The Morgan fingerprint density at radius 1 is 1.28 bits per heavy atom. The fourth-order valence-electron chi connectivity index (χ4n) is 3.37. The second-order valence-corrected chi connectivity index (χ2v) is 5.91. The molecule has 1 aromatic rings. The molecule has 2 rings (SSSR count). The van der Waals surface area contributed by atoms with Crippen molar-refractivity contribution in [2.45, 2.75) is 52.5 Å². The summed E-state index contributed by atoms with van der Waals surface area (Å²) in [5, 5.41) is 3.57. The van der Waals surface area contributed by atoms with Crippen LogP contribution in [0.5, 0.6) is 0 Å². The molecule has 1 saturated carbocycles. The van der Waals surface area contributed by atoms with E-state index in [4.69, 9.17) is 0 Å². The SMILES string of the molecule is CCNC(c1cc(C)cc(F)c1)C1(C)CCCC1. The molecule has 1 unspecified atom stereocenters. The Labute approximate surface area is 110 Å². The summed E-state index contributed by atoms with van der Waals surface area (Å²) in [6.07, 6.45) is 5.07. The van der Waals surface area contributed by atoms with Crippen LogP contribution in [0.1, 0.15) is 56.7 Å². The number of benzene rings is 1. The molecule has 1 nitrogen and oxygen atoms in total. The minimum absolute atomic E-state index is 0.116. The molecule has 0 bridgehead atoms. The minimum atomic E-state index is -0.116. The highest BCUT2D eigenvalue weighted by atomic mass is 19.1. The molecule has 0 aromatic heterocycles. The topological polar surface area (TPSA) is 12.0 Å². The highest BCUT2D eigenvalue weighted by Gasteiger charge is 2.37. The van der Waals surface area contributed by atoms with Gasteiger partial charge in [0.25, 0.3) is 0 Å². The van der Waals surface area contributed by atoms with Crippen molar-refractivity contribution >= 4 is 0 Å². The van der Waals surface area contributed by atoms with E-state index < -0.39 is 0 Å². The molecule has 1 aliphatic rings. The van der Waals surface area contributed by atoms with Crippen LogP contribution >= 0.6 is 0 Å². The molecule has 0 spiro atoms. The van der Waals surface area contributed by atoms with Gasteiger partial charge in [0.05, 0.1) is 0 Å². The number of halogens is 1. The average molecular weight is 249 g/mol. The fraction of sp³-hybridized carbons (Fsp3) is 0.625. The van der Waals surface area contributed by atoms with Gasteiger partial charge in [-0.1, -0.05) is 32.8 Å². The van der Waals surface area contributed by atoms with E-state index in [2.05, 4.69) is 25.2 Å². The smallest absolute Gasteiger partial charge is 0.123 e. The molecule has 0 saturated heterocycles. The summed E-state index contributed by atoms with van der Waals surface area (Å²) in [6.45, 7) is 7.35. The lowest BCUT2D eigenvalue weighted by atomic mass is 9.77. The molecule has 0 heterocycles. The summed E-state index contributed by atoms with van der Waals surface area (Å²) in [4.78, 5) is 0. The summed E-state index contributed by atoms with van der Waals surface area (Å²) in [6, 6.07) is 5.70. The Morgan fingerprint density at radius 3 is 2.50 bits per heavy atom. The van der Waals surface area contributed by atoms with Gasteiger partial charge in [0.1, 0.15) is 5.82 Å². The Hall–Kier alpha value is -0.890. The number of rotatable bonds is 4. The minimum Gasteiger partial charge on any atom is -0.310 e. The Kier molecular flexibility index (Phi) is 4.06. The number of hydrogen-bond donors (Lipinski definition) is 1. The molecule has 1 N–H and O–H groups in total. The molecule has 100 valence electrons. The second kappa shape index (κ2) is 5.40. The van der Waals surface area contributed by atoms with Gasteiger partial charge in [0.2, 0.25) is 0 Å². The van der Waals surface area contributed by atoms with Crippen LogP contribution in [0.25, 0.3) is 0 Å². The van der Waals surface area contributed by atoms with Crippen molar-refractivity contribution in [2.24, 2.45) is 5.41 Å². The maximum atomic E-state index is 13.6. The molecular weight excluding hydrogens is 225 g/mol. The largest absolute Gasteiger partial charge is 0.310 e. The summed E-state index contributed by atoms with van der Waals surface area (Å²) < 4.78 is 13.6. The van der Waals surface area contributed by atoms with Crippen LogP contribution in [0, 0.1) is 18.2 Å². The molecule has 0 amide bonds. The van der Waals surface area contributed by atoms with Crippen molar-refractivity contribution < 1.29 is 4.39 Å². The molecule has 1 aromatic carbocycles. The number of nitrogens with one attached hydrogen (secondary N) is 1. The molecular formula is C16H24FN. The van der Waals surface area contributed by atoms with E-state index in [1.54, 1.807) is 12.1 Å². The second-order valence-electron chi connectivity index (χ2n) is 5.91. The Bertz CT molecular complexity index is 387. The zero-order chi connectivity index (χ0) is 13.2. The van der Waals surface area contributed by atoms with E-state index in [9.17, 15) is 4.39 Å². The van der Waals surface area contributed by atoms with Crippen molar-refractivity contribution in [2.75, 3.05) is 6.54 Å². The maximum Gasteiger partial charge on any atom is 0.123 e. The van der Waals surface area contributed by atoms with Gasteiger partial charge >= 0.3 is 0 Å². The fourth-order valence-corrected chi connectivity index (χ4v) is 3.37. The van der Waals surface area contributed by atoms with Crippen LogP contribution in [0.3, 0.4) is 0 Å². The zero-order valence-corrected chi connectivity index (χ0v) is 11.7. The number of hydrogen-bond acceptors (Lipinski definition) is 1. The molecule has 18 heavy (non-hydrogen) atoms. The maximum absolute atomic E-state index is 13.6. The van der Waals surface area contributed by atoms with Gasteiger partial charge in [-0.25, -0.2) is 4.39 Å². The molecule has 1 fully saturated rings. The predicted octanol–water partition coefficient (Wildman–Crippen LogP) is 4.37. The zero-order valence-electron chi connectivity index (χ0n) is 11.7. The van der Waals surface area contributed by atoms with E-state index in [0.717, 1.165) is 17.7 Å². The average Bonchev–Trinajstić information content (AvgIpc) is 2.72. The van der Waals surface area contributed by atoms with E-state index in [-0.39, 0.29) is 17.3 Å². The lowest BCUT2D eigenvalue weighted by Crippen LogP contribution is -2.34. The van der Waals surface area contributed by atoms with Crippen molar-refractivity contribution in [1.29, 1.82) is 0 Å². The van der Waals surface area contributed by atoms with Crippen molar-refractivity contribution in [3.8, 4) is 0 Å². The highest BCUT2D eigenvalue weighted by molar-refractivity contribution is 5.28. The van der Waals surface area contributed by atoms with Crippen molar-refractivity contribution in [3.05, 3.63) is 35.1 Å². The third-order valence-corrected chi connectivity index (χ3v) is 4.25. The summed E-state index contributed by atoms with van der Waals surface area (Å²) in [7, 11) is 0. The van der Waals surface area contributed by atoms with Gasteiger partial charge in [-0.2, -0.15) is 0 Å². The molecule has 2 heteroatoms. The first-order valence-corrected chi connectivity index (χ1v) is 7.05. The van der Waals surface area contributed by atoms with Crippen LogP contribution < -0.4 is 5.32 Å². The highest BCUT2D eigenvalue weighted by Crippen LogP contribution is 2.47. The van der Waals surface area contributed by atoms with E-state index >= 15 is 0 Å². The normalized spacial score (nSPS) is 20.0. The molecule has 0 aliphatic heterocycles. The third-order valence-electron chi connectivity index (χ3n) is 4.25.